The van der Waals surface area contributed by atoms with Crippen molar-refractivity contribution in [2.75, 3.05) is 5.01 Å². The van der Waals surface area contributed by atoms with E-state index in [1.807, 2.05) is 37.3 Å². The van der Waals surface area contributed by atoms with Gasteiger partial charge in [-0.3, -0.25) is 9.78 Å². The molecule has 2 aromatic rings. The van der Waals surface area contributed by atoms with Crippen molar-refractivity contribution in [3.63, 3.8) is 0 Å². The number of anilines is 1. The number of hydrogen-bond donors (Lipinski definition) is 2. The van der Waals surface area contributed by atoms with Crippen LogP contribution in [0.5, 0.6) is 0 Å². The van der Waals surface area contributed by atoms with Crippen molar-refractivity contribution in [1.82, 2.24) is 9.66 Å². The van der Waals surface area contributed by atoms with Gasteiger partial charge >= 0.3 is 0 Å². The van der Waals surface area contributed by atoms with E-state index in [1.54, 1.807) is 9.69 Å². The molecule has 0 spiro atoms. The van der Waals surface area contributed by atoms with Crippen LogP contribution in [-0.4, -0.2) is 14.8 Å². The molecule has 0 fully saturated rings. The minimum atomic E-state index is -0.226. The average Bonchev–Trinajstić information content (AvgIpc) is 2.43. The minimum Gasteiger partial charge on any atom is -0.374 e. The second-order valence-corrected chi connectivity index (χ2v) is 5.28. The van der Waals surface area contributed by atoms with Gasteiger partial charge in [0.05, 0.1) is 5.69 Å². The van der Waals surface area contributed by atoms with Crippen LogP contribution < -0.4 is 16.3 Å². The van der Waals surface area contributed by atoms with Crippen LogP contribution >= 0.6 is 24.4 Å². The molecule has 1 aromatic heterocycles. The van der Waals surface area contributed by atoms with Gasteiger partial charge in [-0.2, -0.15) is 0 Å². The standard InChI is InChI=1S/C14H16N4OS2/c1-2-6-11-9-12(19)16-14(21)18(11)17(13(15)20)10-7-4-3-5-8-10/h3-5,7-9H,2,6H2,1H3,(H2,15,20)(H,16,19,21). The van der Waals surface area contributed by atoms with E-state index in [9.17, 15) is 4.79 Å². The lowest BCUT2D eigenvalue weighted by molar-refractivity contribution is 0.700. The normalized spacial score (nSPS) is 10.3. The third-order valence-corrected chi connectivity index (χ3v) is 3.36. The molecule has 2 rings (SSSR count). The van der Waals surface area contributed by atoms with E-state index in [2.05, 4.69) is 4.98 Å². The molecule has 0 amide bonds. The summed E-state index contributed by atoms with van der Waals surface area (Å²) in [5.74, 6) is 0. The zero-order chi connectivity index (χ0) is 15.4. The number of H-pyrrole nitrogens is 1. The monoisotopic (exact) mass is 320 g/mol. The minimum absolute atomic E-state index is 0.154. The lowest BCUT2D eigenvalue weighted by atomic mass is 10.2. The second kappa shape index (κ2) is 6.64. The maximum atomic E-state index is 11.6. The molecule has 0 saturated carbocycles. The molecule has 1 aromatic carbocycles. The molecule has 0 aliphatic heterocycles. The molecule has 0 aliphatic carbocycles. The second-order valence-electron chi connectivity index (χ2n) is 4.48. The SMILES string of the molecule is CCCc1cc(=O)[nH]c(=S)n1N(C(N)=S)c1ccccc1. The Kier molecular flexibility index (Phi) is 4.87. The van der Waals surface area contributed by atoms with Gasteiger partial charge in [0.15, 0.2) is 9.88 Å². The van der Waals surface area contributed by atoms with Gasteiger partial charge in [0.25, 0.3) is 5.56 Å². The number of nitrogens with two attached hydrogens (primary N) is 1. The van der Waals surface area contributed by atoms with Gasteiger partial charge in [0.1, 0.15) is 0 Å². The molecular formula is C14H16N4OS2. The molecule has 5 nitrogen and oxygen atoms in total. The first kappa shape index (κ1) is 15.4. The number of rotatable bonds is 4. The third kappa shape index (κ3) is 3.37. The molecule has 0 unspecified atom stereocenters. The van der Waals surface area contributed by atoms with E-state index in [4.69, 9.17) is 30.2 Å². The maximum absolute atomic E-state index is 11.6. The Morgan fingerprint density at radius 1 is 1.38 bits per heavy atom. The Morgan fingerprint density at radius 2 is 2.05 bits per heavy atom. The summed E-state index contributed by atoms with van der Waals surface area (Å²) in [6.07, 6.45) is 1.57. The summed E-state index contributed by atoms with van der Waals surface area (Å²) >= 11 is 10.4. The highest BCUT2D eigenvalue weighted by molar-refractivity contribution is 7.80. The van der Waals surface area contributed by atoms with Crippen LogP contribution in [-0.2, 0) is 6.42 Å². The van der Waals surface area contributed by atoms with Crippen molar-refractivity contribution in [2.24, 2.45) is 5.73 Å². The number of thiocarbonyl (C=S) groups is 1. The highest BCUT2D eigenvalue weighted by atomic mass is 32.1. The molecule has 21 heavy (non-hydrogen) atoms. The molecule has 7 heteroatoms. The van der Waals surface area contributed by atoms with Crippen molar-refractivity contribution in [3.05, 3.63) is 57.2 Å². The number of aromatic nitrogens is 2. The van der Waals surface area contributed by atoms with Crippen LogP contribution in [0.3, 0.4) is 0 Å². The summed E-state index contributed by atoms with van der Waals surface area (Å²) < 4.78 is 1.94. The fourth-order valence-electron chi connectivity index (χ4n) is 2.10. The summed E-state index contributed by atoms with van der Waals surface area (Å²) in [5.41, 5.74) is 7.19. The molecule has 3 N–H and O–H groups in total. The van der Waals surface area contributed by atoms with Crippen LogP contribution in [0.15, 0.2) is 41.2 Å². The highest BCUT2D eigenvalue weighted by Gasteiger charge is 2.15. The quantitative estimate of drug-likeness (QED) is 0.847. The Bertz CT molecular complexity index is 752. The van der Waals surface area contributed by atoms with E-state index in [-0.39, 0.29) is 15.4 Å². The smallest absolute Gasteiger partial charge is 0.251 e. The Balaban J connectivity index is 2.69. The Hall–Kier alpha value is -1.99. The first-order chi connectivity index (χ1) is 10.0. The number of benzene rings is 1. The molecule has 0 saturated heterocycles. The molecular weight excluding hydrogens is 304 g/mol. The zero-order valence-electron chi connectivity index (χ0n) is 11.6. The van der Waals surface area contributed by atoms with Crippen LogP contribution in [0.4, 0.5) is 5.69 Å². The molecule has 0 radical (unpaired) electrons. The van der Waals surface area contributed by atoms with Gasteiger partial charge < -0.3 is 5.73 Å². The highest BCUT2D eigenvalue weighted by Crippen LogP contribution is 2.16. The van der Waals surface area contributed by atoms with Gasteiger partial charge in [-0.05, 0) is 43.0 Å². The van der Waals surface area contributed by atoms with Gasteiger partial charge in [-0.1, -0.05) is 31.5 Å². The molecule has 1 heterocycles. The number of para-hydroxylation sites is 1. The number of aryl methyl sites for hydroxylation is 1. The Labute approximate surface area is 133 Å². The summed E-state index contributed by atoms with van der Waals surface area (Å²) in [6.45, 7) is 2.03. The first-order valence-corrected chi connectivity index (χ1v) is 7.36. The predicted molar refractivity (Wildman–Crippen MR) is 91.0 cm³/mol. The fraction of sp³-hybridized carbons (Fsp3) is 0.214. The molecule has 110 valence electrons. The Morgan fingerprint density at radius 3 is 2.62 bits per heavy atom. The summed E-state index contributed by atoms with van der Waals surface area (Å²) in [5, 5.41) is 1.78. The number of nitrogens with zero attached hydrogens (tertiary/aromatic N) is 2. The van der Waals surface area contributed by atoms with Gasteiger partial charge in [-0.15, -0.1) is 0 Å². The topological polar surface area (TPSA) is 67.0 Å². The van der Waals surface area contributed by atoms with Crippen molar-refractivity contribution < 1.29 is 0 Å². The first-order valence-electron chi connectivity index (χ1n) is 6.54. The van der Waals surface area contributed by atoms with Gasteiger partial charge in [-0.25, -0.2) is 9.69 Å². The van der Waals surface area contributed by atoms with E-state index in [1.165, 1.54) is 6.07 Å². The average molecular weight is 320 g/mol. The molecule has 0 aliphatic rings. The van der Waals surface area contributed by atoms with E-state index in [0.29, 0.717) is 6.42 Å². The van der Waals surface area contributed by atoms with Crippen LogP contribution in [0.25, 0.3) is 0 Å². The van der Waals surface area contributed by atoms with Crippen LogP contribution in [0, 0.1) is 4.77 Å². The summed E-state index contributed by atoms with van der Waals surface area (Å²) in [4.78, 5) is 14.3. The third-order valence-electron chi connectivity index (χ3n) is 2.91. The van der Waals surface area contributed by atoms with Crippen molar-refractivity contribution in [3.8, 4) is 0 Å². The summed E-state index contributed by atoms with van der Waals surface area (Å²) in [6, 6.07) is 10.9. The number of nitrogens with one attached hydrogen (secondary N) is 1. The van der Waals surface area contributed by atoms with Gasteiger partial charge in [0.2, 0.25) is 0 Å². The van der Waals surface area contributed by atoms with Gasteiger partial charge in [0, 0.05) is 11.8 Å². The lowest BCUT2D eigenvalue weighted by Crippen LogP contribution is -2.42. The van der Waals surface area contributed by atoms with Crippen molar-refractivity contribution in [2.45, 2.75) is 19.8 Å². The fourth-order valence-corrected chi connectivity index (χ4v) is 2.59. The zero-order valence-corrected chi connectivity index (χ0v) is 13.2. The number of hydrogen-bond acceptors (Lipinski definition) is 3. The maximum Gasteiger partial charge on any atom is 0.251 e. The van der Waals surface area contributed by atoms with Crippen LogP contribution in [0.2, 0.25) is 0 Å². The predicted octanol–water partition coefficient (Wildman–Crippen LogP) is 2.37. The van der Waals surface area contributed by atoms with E-state index in [0.717, 1.165) is 17.8 Å². The van der Waals surface area contributed by atoms with E-state index >= 15 is 0 Å². The molecule has 0 atom stereocenters. The lowest BCUT2D eigenvalue weighted by Gasteiger charge is -2.27. The van der Waals surface area contributed by atoms with Crippen molar-refractivity contribution >= 4 is 35.2 Å². The molecule has 0 bridgehead atoms. The number of aromatic amines is 1. The van der Waals surface area contributed by atoms with Crippen LogP contribution in [0.1, 0.15) is 19.0 Å². The summed E-state index contributed by atoms with van der Waals surface area (Å²) in [7, 11) is 0. The largest absolute Gasteiger partial charge is 0.374 e. The van der Waals surface area contributed by atoms with E-state index < -0.39 is 0 Å². The van der Waals surface area contributed by atoms with Crippen molar-refractivity contribution in [1.29, 1.82) is 0 Å².